The van der Waals surface area contributed by atoms with E-state index in [4.69, 9.17) is 4.43 Å². The molecular weight excluding hydrogens is 206 g/mol. The summed E-state index contributed by atoms with van der Waals surface area (Å²) in [4.78, 5) is 10.5. The predicted octanol–water partition coefficient (Wildman–Crippen LogP) is 1.06. The van der Waals surface area contributed by atoms with E-state index in [-0.39, 0.29) is 0 Å². The second-order valence-electron chi connectivity index (χ2n) is 4.78. The molecule has 0 amide bonds. The first-order valence-corrected chi connectivity index (χ1v) is 7.60. The molecule has 0 spiro atoms. The van der Waals surface area contributed by atoms with Crippen molar-refractivity contribution < 1.29 is 4.43 Å². The normalized spacial score (nSPS) is 13.2. The summed E-state index contributed by atoms with van der Waals surface area (Å²) in [5.41, 5.74) is 0. The van der Waals surface area contributed by atoms with Gasteiger partial charge in [0.05, 0.1) is 0 Å². The SMILES string of the molecule is CO[Si](NC(C)C)(NC(C)C)NC(C)C. The van der Waals surface area contributed by atoms with E-state index < -0.39 is 8.80 Å². The molecule has 0 fully saturated rings. The van der Waals surface area contributed by atoms with Gasteiger partial charge in [-0.3, -0.25) is 14.9 Å². The quantitative estimate of drug-likeness (QED) is 0.576. The summed E-state index contributed by atoms with van der Waals surface area (Å²) in [5, 5.41) is 0. The van der Waals surface area contributed by atoms with Crippen LogP contribution in [0.1, 0.15) is 41.5 Å². The average molecular weight is 233 g/mol. The molecule has 0 rings (SSSR count). The maximum atomic E-state index is 5.68. The summed E-state index contributed by atoms with van der Waals surface area (Å²) in [6.45, 7) is 12.8. The molecule has 3 N–H and O–H groups in total. The molecule has 0 unspecified atom stereocenters. The smallest absolute Gasteiger partial charge is 0.383 e. The van der Waals surface area contributed by atoms with Crippen LogP contribution in [0.3, 0.4) is 0 Å². The average Bonchev–Trinajstić information content (AvgIpc) is 1.99. The van der Waals surface area contributed by atoms with Crippen LogP contribution < -0.4 is 14.9 Å². The van der Waals surface area contributed by atoms with Gasteiger partial charge in [0.15, 0.2) is 0 Å². The fourth-order valence-electron chi connectivity index (χ4n) is 1.52. The van der Waals surface area contributed by atoms with Gasteiger partial charge in [0.2, 0.25) is 0 Å². The largest absolute Gasteiger partial charge is 0.440 e. The van der Waals surface area contributed by atoms with E-state index in [0.29, 0.717) is 18.1 Å². The molecule has 0 radical (unpaired) electrons. The Kier molecular flexibility index (Phi) is 6.62. The van der Waals surface area contributed by atoms with Gasteiger partial charge < -0.3 is 4.43 Å². The Bertz CT molecular complexity index is 148. The number of nitrogens with one attached hydrogen (secondary N) is 3. The second-order valence-corrected chi connectivity index (χ2v) is 7.42. The Hall–Kier alpha value is 0.0569. The topological polar surface area (TPSA) is 45.3 Å². The first-order valence-electron chi connectivity index (χ1n) is 5.69. The van der Waals surface area contributed by atoms with E-state index in [1.165, 1.54) is 0 Å². The standard InChI is InChI=1S/C10H27N3OSi/c1-8(2)11-15(14-7,12-9(3)4)13-10(5)6/h8-13H,1-7H3. The van der Waals surface area contributed by atoms with Crippen molar-refractivity contribution in [1.29, 1.82) is 0 Å². The van der Waals surface area contributed by atoms with Gasteiger partial charge in [0.25, 0.3) is 0 Å². The fourth-order valence-corrected chi connectivity index (χ4v) is 4.56. The monoisotopic (exact) mass is 233 g/mol. The van der Waals surface area contributed by atoms with Crippen LogP contribution in [0, 0.1) is 0 Å². The molecule has 0 saturated heterocycles. The maximum absolute atomic E-state index is 5.68. The summed E-state index contributed by atoms with van der Waals surface area (Å²) < 4.78 is 5.68. The minimum Gasteiger partial charge on any atom is -0.383 e. The lowest BCUT2D eigenvalue weighted by Crippen LogP contribution is -2.77. The van der Waals surface area contributed by atoms with Crippen LogP contribution in [0.25, 0.3) is 0 Å². The van der Waals surface area contributed by atoms with Gasteiger partial charge in [-0.25, -0.2) is 0 Å². The molecule has 4 nitrogen and oxygen atoms in total. The zero-order chi connectivity index (χ0) is 12.1. The van der Waals surface area contributed by atoms with Gasteiger partial charge in [-0.2, -0.15) is 0 Å². The Morgan fingerprint density at radius 2 is 1.00 bits per heavy atom. The van der Waals surface area contributed by atoms with Crippen molar-refractivity contribution in [1.82, 2.24) is 14.9 Å². The molecule has 0 atom stereocenters. The lowest BCUT2D eigenvalue weighted by molar-refractivity contribution is 0.327. The molecule has 0 aliphatic carbocycles. The molecule has 0 bridgehead atoms. The van der Waals surface area contributed by atoms with Crippen LogP contribution in [0.15, 0.2) is 0 Å². The molecular formula is C10H27N3OSi. The van der Waals surface area contributed by atoms with Crippen molar-refractivity contribution in [3.05, 3.63) is 0 Å². The Morgan fingerprint density at radius 3 is 1.13 bits per heavy atom. The Morgan fingerprint density at radius 1 is 0.733 bits per heavy atom. The van der Waals surface area contributed by atoms with Crippen LogP contribution in [-0.4, -0.2) is 34.0 Å². The van der Waals surface area contributed by atoms with Gasteiger partial charge >= 0.3 is 8.80 Å². The van der Waals surface area contributed by atoms with Crippen molar-refractivity contribution >= 4 is 8.80 Å². The highest BCUT2D eigenvalue weighted by Gasteiger charge is 2.37. The number of hydrogen-bond donors (Lipinski definition) is 3. The first kappa shape index (κ1) is 15.1. The highest BCUT2D eigenvalue weighted by molar-refractivity contribution is 6.66. The molecule has 92 valence electrons. The van der Waals surface area contributed by atoms with Crippen molar-refractivity contribution in [3.63, 3.8) is 0 Å². The summed E-state index contributed by atoms with van der Waals surface area (Å²) in [6.07, 6.45) is 0. The number of hydrogen-bond acceptors (Lipinski definition) is 4. The van der Waals surface area contributed by atoms with Crippen molar-refractivity contribution in [2.45, 2.75) is 59.7 Å². The molecule has 5 heteroatoms. The number of rotatable bonds is 7. The molecule has 0 aromatic carbocycles. The molecule has 0 heterocycles. The molecule has 0 aliphatic heterocycles. The van der Waals surface area contributed by atoms with Gasteiger partial charge in [-0.15, -0.1) is 0 Å². The van der Waals surface area contributed by atoms with E-state index in [1.807, 2.05) is 0 Å². The third kappa shape index (κ3) is 6.27. The first-order chi connectivity index (χ1) is 6.81. The molecule has 0 saturated carbocycles. The molecule has 0 aliphatic rings. The van der Waals surface area contributed by atoms with E-state index in [2.05, 4.69) is 56.5 Å². The third-order valence-corrected chi connectivity index (χ3v) is 5.35. The Labute approximate surface area is 95.5 Å². The highest BCUT2D eigenvalue weighted by Crippen LogP contribution is 1.98. The summed E-state index contributed by atoms with van der Waals surface area (Å²) >= 11 is 0. The van der Waals surface area contributed by atoms with Crippen LogP contribution in [-0.2, 0) is 4.43 Å². The maximum Gasteiger partial charge on any atom is 0.440 e. The van der Waals surface area contributed by atoms with E-state index in [1.54, 1.807) is 7.11 Å². The van der Waals surface area contributed by atoms with Crippen molar-refractivity contribution in [3.8, 4) is 0 Å². The zero-order valence-corrected chi connectivity index (χ0v) is 12.1. The minimum absolute atomic E-state index is 0.397. The third-order valence-electron chi connectivity index (χ3n) is 1.78. The van der Waals surface area contributed by atoms with Crippen LogP contribution in [0.5, 0.6) is 0 Å². The van der Waals surface area contributed by atoms with Crippen LogP contribution in [0.2, 0.25) is 0 Å². The fraction of sp³-hybridized carbons (Fsp3) is 1.00. The lowest BCUT2D eigenvalue weighted by atomic mass is 10.4. The summed E-state index contributed by atoms with van der Waals surface area (Å²) in [5.74, 6) is 0. The van der Waals surface area contributed by atoms with Crippen LogP contribution in [0.4, 0.5) is 0 Å². The van der Waals surface area contributed by atoms with E-state index in [0.717, 1.165) is 0 Å². The van der Waals surface area contributed by atoms with Gasteiger partial charge in [-0.05, 0) is 18.1 Å². The van der Waals surface area contributed by atoms with Crippen LogP contribution >= 0.6 is 0 Å². The lowest BCUT2D eigenvalue weighted by Gasteiger charge is -2.35. The predicted molar refractivity (Wildman–Crippen MR) is 67.6 cm³/mol. The molecule has 0 aromatic rings. The van der Waals surface area contributed by atoms with Gasteiger partial charge in [-0.1, -0.05) is 41.5 Å². The summed E-state index contributed by atoms with van der Waals surface area (Å²) in [6, 6.07) is 1.19. The highest BCUT2D eigenvalue weighted by atomic mass is 28.4. The van der Waals surface area contributed by atoms with Crippen molar-refractivity contribution in [2.24, 2.45) is 0 Å². The molecule has 0 aromatic heterocycles. The van der Waals surface area contributed by atoms with Gasteiger partial charge in [0, 0.05) is 7.11 Å². The minimum atomic E-state index is -2.21. The second kappa shape index (κ2) is 6.60. The summed E-state index contributed by atoms with van der Waals surface area (Å²) in [7, 11) is -0.452. The van der Waals surface area contributed by atoms with Crippen molar-refractivity contribution in [2.75, 3.05) is 7.11 Å². The van der Waals surface area contributed by atoms with E-state index in [9.17, 15) is 0 Å². The Balaban J connectivity index is 4.59. The zero-order valence-electron chi connectivity index (χ0n) is 11.1. The van der Waals surface area contributed by atoms with Gasteiger partial charge in [0.1, 0.15) is 0 Å². The van der Waals surface area contributed by atoms with E-state index >= 15 is 0 Å². The molecule has 15 heavy (non-hydrogen) atoms.